The van der Waals surface area contributed by atoms with Crippen LogP contribution in [0.15, 0.2) is 47.3 Å². The van der Waals surface area contributed by atoms with Gasteiger partial charge in [-0.2, -0.15) is 13.2 Å². The van der Waals surface area contributed by atoms with Crippen molar-refractivity contribution in [3.05, 3.63) is 47.3 Å². The highest BCUT2D eigenvalue weighted by atomic mass is 79.9. The van der Waals surface area contributed by atoms with E-state index in [4.69, 9.17) is 9.90 Å². The first-order valence-corrected chi connectivity index (χ1v) is 9.10. The molecule has 0 amide bonds. The minimum atomic E-state index is -5.08. The highest BCUT2D eigenvalue weighted by molar-refractivity contribution is 9.10. The number of carbonyl (C=O) groups is 1. The summed E-state index contributed by atoms with van der Waals surface area (Å²) in [6.45, 7) is 6.37. The molecule has 3 aromatic rings. The molecule has 0 aliphatic rings. The average molecular weight is 459 g/mol. The third kappa shape index (κ3) is 5.44. The number of imidazole rings is 1. The van der Waals surface area contributed by atoms with Crippen molar-refractivity contribution < 1.29 is 23.1 Å². The van der Waals surface area contributed by atoms with Crippen LogP contribution in [0.4, 0.5) is 18.9 Å². The van der Waals surface area contributed by atoms with Crippen molar-refractivity contribution in [2.45, 2.75) is 20.0 Å². The summed E-state index contributed by atoms with van der Waals surface area (Å²) in [7, 11) is 0. The second-order valence-corrected chi connectivity index (χ2v) is 6.54. The van der Waals surface area contributed by atoms with Gasteiger partial charge in [0.05, 0.1) is 10.2 Å². The summed E-state index contributed by atoms with van der Waals surface area (Å²) in [4.78, 5) is 20.1. The van der Waals surface area contributed by atoms with Gasteiger partial charge in [0, 0.05) is 42.9 Å². The smallest absolute Gasteiger partial charge is 0.475 e. The Hall–Kier alpha value is -2.62. The van der Waals surface area contributed by atoms with E-state index in [0.29, 0.717) is 5.78 Å². The van der Waals surface area contributed by atoms with Crippen molar-refractivity contribution in [3.8, 4) is 11.3 Å². The first-order valence-electron chi connectivity index (χ1n) is 8.31. The van der Waals surface area contributed by atoms with Crippen molar-refractivity contribution in [1.82, 2.24) is 14.4 Å². The third-order valence-electron chi connectivity index (χ3n) is 3.81. The molecule has 0 atom stereocenters. The lowest BCUT2D eigenvalue weighted by atomic mass is 10.1. The molecule has 2 heterocycles. The van der Waals surface area contributed by atoms with Gasteiger partial charge in [0.2, 0.25) is 5.78 Å². The van der Waals surface area contributed by atoms with E-state index in [-0.39, 0.29) is 0 Å². The first kappa shape index (κ1) is 21.7. The molecule has 0 aliphatic carbocycles. The molecule has 6 nitrogen and oxygen atoms in total. The predicted molar refractivity (Wildman–Crippen MR) is 103 cm³/mol. The van der Waals surface area contributed by atoms with Crippen LogP contribution in [0.1, 0.15) is 13.8 Å². The molecule has 0 bridgehead atoms. The van der Waals surface area contributed by atoms with Crippen molar-refractivity contribution >= 4 is 33.4 Å². The van der Waals surface area contributed by atoms with Crippen LogP contribution in [-0.2, 0) is 4.79 Å². The van der Waals surface area contributed by atoms with Crippen LogP contribution in [0.25, 0.3) is 17.0 Å². The number of hydrogen-bond donors (Lipinski definition) is 1. The number of anilines is 1. The van der Waals surface area contributed by atoms with Crippen molar-refractivity contribution in [3.63, 3.8) is 0 Å². The SMILES string of the molecule is CCN(CC)c1ccc(-c2cn3cc(Br)cnc3n2)cc1.O=C(O)C(F)(F)F. The van der Waals surface area contributed by atoms with Gasteiger partial charge < -0.3 is 10.0 Å². The topological polar surface area (TPSA) is 70.7 Å². The fraction of sp³-hybridized carbons (Fsp3) is 0.278. The Labute approximate surface area is 167 Å². The number of benzene rings is 1. The Bertz CT molecular complexity index is 938. The molecule has 2 aromatic heterocycles. The van der Waals surface area contributed by atoms with Crippen LogP contribution < -0.4 is 4.90 Å². The summed E-state index contributed by atoms with van der Waals surface area (Å²) in [6.07, 6.45) is 0.637. The summed E-state index contributed by atoms with van der Waals surface area (Å²) in [5, 5.41) is 7.12. The van der Waals surface area contributed by atoms with E-state index in [1.54, 1.807) is 6.20 Å². The normalized spacial score (nSPS) is 11.1. The second kappa shape index (κ2) is 9.05. The van der Waals surface area contributed by atoms with Crippen molar-refractivity contribution in [2.75, 3.05) is 18.0 Å². The van der Waals surface area contributed by atoms with Gasteiger partial charge in [-0.05, 0) is 41.9 Å². The minimum absolute atomic E-state index is 0.709. The van der Waals surface area contributed by atoms with E-state index in [1.165, 1.54) is 5.69 Å². The lowest BCUT2D eigenvalue weighted by molar-refractivity contribution is -0.192. The third-order valence-corrected chi connectivity index (χ3v) is 4.22. The molecule has 150 valence electrons. The number of fused-ring (bicyclic) bond motifs is 1. The zero-order chi connectivity index (χ0) is 20.9. The van der Waals surface area contributed by atoms with Gasteiger partial charge in [-0.3, -0.25) is 4.40 Å². The van der Waals surface area contributed by atoms with Gasteiger partial charge in [0.1, 0.15) is 0 Å². The van der Waals surface area contributed by atoms with E-state index in [2.05, 4.69) is 68.9 Å². The molecule has 0 unspecified atom stereocenters. The van der Waals surface area contributed by atoms with Gasteiger partial charge in [-0.25, -0.2) is 14.8 Å². The van der Waals surface area contributed by atoms with E-state index in [0.717, 1.165) is 28.8 Å². The maximum absolute atomic E-state index is 10.6. The Morgan fingerprint density at radius 2 is 1.75 bits per heavy atom. The van der Waals surface area contributed by atoms with Crippen LogP contribution >= 0.6 is 15.9 Å². The molecule has 0 aliphatic heterocycles. The predicted octanol–water partition coefficient (Wildman–Crippen LogP) is 4.64. The number of halogens is 4. The molecule has 0 radical (unpaired) electrons. The Kier molecular flexibility index (Phi) is 7.00. The van der Waals surface area contributed by atoms with E-state index in [1.807, 2.05) is 16.8 Å². The lowest BCUT2D eigenvalue weighted by Crippen LogP contribution is -2.21. The van der Waals surface area contributed by atoms with Crippen LogP contribution in [0.2, 0.25) is 0 Å². The van der Waals surface area contributed by atoms with Crippen LogP contribution in [-0.4, -0.2) is 44.7 Å². The molecule has 0 saturated carbocycles. The molecule has 0 fully saturated rings. The standard InChI is InChI=1S/C16H17BrN4.C2HF3O2/c1-3-20(4-2)14-7-5-12(6-8-14)15-11-21-10-13(17)9-18-16(21)19-15;3-2(4,5)1(6)7/h5-11H,3-4H2,1-2H3;(H,6,7). The van der Waals surface area contributed by atoms with E-state index in [9.17, 15) is 13.2 Å². The summed E-state index contributed by atoms with van der Waals surface area (Å²) in [6, 6.07) is 8.53. The molecule has 10 heteroatoms. The van der Waals surface area contributed by atoms with Gasteiger partial charge in [0.25, 0.3) is 0 Å². The molecule has 1 aromatic carbocycles. The van der Waals surface area contributed by atoms with Crippen LogP contribution in [0.3, 0.4) is 0 Å². The Morgan fingerprint density at radius 3 is 2.25 bits per heavy atom. The van der Waals surface area contributed by atoms with Crippen molar-refractivity contribution in [1.29, 1.82) is 0 Å². The molecule has 3 rings (SSSR count). The fourth-order valence-electron chi connectivity index (χ4n) is 2.43. The maximum atomic E-state index is 10.6. The number of aliphatic carboxylic acids is 1. The van der Waals surface area contributed by atoms with E-state index >= 15 is 0 Å². The zero-order valence-corrected chi connectivity index (χ0v) is 16.7. The Balaban J connectivity index is 0.000000345. The number of carboxylic acids is 1. The van der Waals surface area contributed by atoms with Crippen molar-refractivity contribution in [2.24, 2.45) is 0 Å². The zero-order valence-electron chi connectivity index (χ0n) is 15.1. The maximum Gasteiger partial charge on any atom is 0.490 e. The fourth-order valence-corrected chi connectivity index (χ4v) is 2.75. The van der Waals surface area contributed by atoms with Gasteiger partial charge in [-0.1, -0.05) is 12.1 Å². The molecule has 0 saturated heterocycles. The average Bonchev–Trinajstić information content (AvgIpc) is 3.06. The number of rotatable bonds is 4. The molecular formula is C18H18BrF3N4O2. The first-order chi connectivity index (χ1) is 13.2. The molecular weight excluding hydrogens is 441 g/mol. The van der Waals surface area contributed by atoms with Gasteiger partial charge >= 0.3 is 12.1 Å². The van der Waals surface area contributed by atoms with Gasteiger partial charge in [0.15, 0.2) is 0 Å². The minimum Gasteiger partial charge on any atom is -0.475 e. The Morgan fingerprint density at radius 1 is 1.18 bits per heavy atom. The van der Waals surface area contributed by atoms with Crippen LogP contribution in [0.5, 0.6) is 0 Å². The monoisotopic (exact) mass is 458 g/mol. The summed E-state index contributed by atoms with van der Waals surface area (Å²) >= 11 is 3.42. The number of alkyl halides is 3. The molecule has 28 heavy (non-hydrogen) atoms. The highest BCUT2D eigenvalue weighted by Crippen LogP contribution is 2.23. The molecule has 0 spiro atoms. The second-order valence-electron chi connectivity index (χ2n) is 5.63. The summed E-state index contributed by atoms with van der Waals surface area (Å²) in [5.74, 6) is -2.05. The number of aromatic nitrogens is 3. The highest BCUT2D eigenvalue weighted by Gasteiger charge is 2.38. The van der Waals surface area contributed by atoms with E-state index < -0.39 is 12.1 Å². The summed E-state index contributed by atoms with van der Waals surface area (Å²) in [5.41, 5.74) is 3.28. The largest absolute Gasteiger partial charge is 0.490 e. The summed E-state index contributed by atoms with van der Waals surface area (Å²) < 4.78 is 34.6. The lowest BCUT2D eigenvalue weighted by Gasteiger charge is -2.20. The van der Waals surface area contributed by atoms with Crippen LogP contribution in [0, 0.1) is 0 Å². The quantitative estimate of drug-likeness (QED) is 0.616. The number of nitrogens with zero attached hydrogens (tertiary/aromatic N) is 4. The molecule has 1 N–H and O–H groups in total. The number of hydrogen-bond acceptors (Lipinski definition) is 4. The number of carboxylic acid groups (broad SMARTS) is 1. The van der Waals surface area contributed by atoms with Gasteiger partial charge in [-0.15, -0.1) is 0 Å².